The molecular weight excluding hydrogens is 451 g/mol. The molecule has 2 aliphatic rings. The second-order valence-electron chi connectivity index (χ2n) is 9.93. The van der Waals surface area contributed by atoms with E-state index < -0.39 is 0 Å². The van der Waals surface area contributed by atoms with Crippen molar-refractivity contribution in [2.45, 2.75) is 19.8 Å². The molecule has 0 unspecified atom stereocenters. The number of nitrogens with zero attached hydrogens (tertiary/aromatic N) is 1. The van der Waals surface area contributed by atoms with Gasteiger partial charge >= 0.3 is 0 Å². The first-order valence-corrected chi connectivity index (χ1v) is 12.8. The van der Waals surface area contributed by atoms with Crippen LogP contribution in [-0.4, -0.2) is 7.28 Å². The number of rotatable bonds is 3. The van der Waals surface area contributed by atoms with E-state index in [4.69, 9.17) is 4.74 Å². The Morgan fingerprint density at radius 2 is 1.46 bits per heavy atom. The van der Waals surface area contributed by atoms with Gasteiger partial charge in [0.2, 0.25) is 0 Å². The number of ether oxygens (including phenoxy) is 1. The third-order valence-corrected chi connectivity index (χ3v) is 7.26. The summed E-state index contributed by atoms with van der Waals surface area (Å²) < 4.78 is 6.32. The second kappa shape index (κ2) is 8.60. The smallest absolute Gasteiger partial charge is 0.197 e. The molecule has 0 bridgehead atoms. The van der Waals surface area contributed by atoms with Gasteiger partial charge in [-0.3, -0.25) is 0 Å². The number of anilines is 5. The summed E-state index contributed by atoms with van der Waals surface area (Å²) in [6.07, 6.45) is 0. The Hall–Kier alpha value is -4.44. The summed E-state index contributed by atoms with van der Waals surface area (Å²) in [4.78, 5) is 2.40. The molecule has 0 saturated carbocycles. The normalized spacial score (nSPS) is 12.9. The molecule has 0 aromatic heterocycles. The summed E-state index contributed by atoms with van der Waals surface area (Å²) in [6, 6.07) is 38.4. The van der Waals surface area contributed by atoms with Gasteiger partial charge < -0.3 is 15.0 Å². The average molecular weight is 477 g/mol. The first kappa shape index (κ1) is 21.8. The number of nitrogens with one attached hydrogen (secondary N) is 1. The van der Waals surface area contributed by atoms with Gasteiger partial charge in [-0.05, 0) is 65.0 Å². The Morgan fingerprint density at radius 1 is 0.703 bits per heavy atom. The summed E-state index contributed by atoms with van der Waals surface area (Å²) in [5.41, 5.74) is 11.6. The lowest BCUT2D eigenvalue weighted by atomic mass is 9.58. The minimum Gasteiger partial charge on any atom is -0.453 e. The van der Waals surface area contributed by atoms with Gasteiger partial charge in [-0.25, -0.2) is 0 Å². The lowest BCUT2D eigenvalue weighted by Gasteiger charge is -2.36. The minimum absolute atomic E-state index is 0.378. The van der Waals surface area contributed by atoms with Crippen LogP contribution in [0.4, 0.5) is 28.4 Å². The van der Waals surface area contributed by atoms with Crippen molar-refractivity contribution >= 4 is 46.6 Å². The largest absolute Gasteiger partial charge is 0.453 e. The first-order valence-electron chi connectivity index (χ1n) is 12.8. The molecule has 4 heteroatoms. The van der Waals surface area contributed by atoms with Gasteiger partial charge in [0.25, 0.3) is 0 Å². The lowest BCUT2D eigenvalue weighted by Crippen LogP contribution is -2.41. The number of hydrogen-bond acceptors (Lipinski definition) is 3. The molecule has 177 valence electrons. The number of para-hydroxylation sites is 5. The molecule has 37 heavy (non-hydrogen) atoms. The van der Waals surface area contributed by atoms with Crippen LogP contribution in [0.5, 0.6) is 11.5 Å². The van der Waals surface area contributed by atoms with Gasteiger partial charge in [-0.15, -0.1) is 0 Å². The maximum atomic E-state index is 6.32. The molecule has 0 spiro atoms. The molecule has 0 amide bonds. The zero-order chi connectivity index (χ0) is 24.9. The molecule has 0 saturated heterocycles. The van der Waals surface area contributed by atoms with Gasteiger partial charge in [0.15, 0.2) is 18.8 Å². The summed E-state index contributed by atoms with van der Waals surface area (Å²) in [5, 5.41) is 3.67. The summed E-state index contributed by atoms with van der Waals surface area (Å²) >= 11 is 0. The van der Waals surface area contributed by atoms with Crippen molar-refractivity contribution in [2.75, 3.05) is 10.2 Å². The second-order valence-corrected chi connectivity index (χ2v) is 9.93. The van der Waals surface area contributed by atoms with Crippen LogP contribution in [0.3, 0.4) is 0 Å². The standard InChI is InChI=1S/C33H26BN2O/c1-21(2)22-19-25(24-13-10-18-31-33(24)35-27-15-7-9-17-30(27)37-31)32-29(20-22)36(23-11-4-3-5-12-23)28-16-8-6-14-26(28)34-32/h3-21,35H,1-2H3. The molecule has 2 aliphatic heterocycles. The molecule has 2 heterocycles. The highest BCUT2D eigenvalue weighted by atomic mass is 16.5. The van der Waals surface area contributed by atoms with E-state index in [2.05, 4.69) is 116 Å². The maximum Gasteiger partial charge on any atom is 0.197 e. The Balaban J connectivity index is 1.48. The predicted octanol–water partition coefficient (Wildman–Crippen LogP) is 7.76. The van der Waals surface area contributed by atoms with Crippen LogP contribution in [0.25, 0.3) is 11.1 Å². The highest BCUT2D eigenvalue weighted by Gasteiger charge is 2.29. The van der Waals surface area contributed by atoms with Crippen LogP contribution in [0.15, 0.2) is 109 Å². The molecule has 0 aliphatic carbocycles. The first-order chi connectivity index (χ1) is 18.2. The fraction of sp³-hybridized carbons (Fsp3) is 0.0909. The van der Waals surface area contributed by atoms with Crippen LogP contribution < -0.4 is 25.9 Å². The molecule has 3 nitrogen and oxygen atoms in total. The van der Waals surface area contributed by atoms with E-state index in [9.17, 15) is 0 Å². The van der Waals surface area contributed by atoms with Crippen molar-refractivity contribution in [1.29, 1.82) is 0 Å². The van der Waals surface area contributed by atoms with Gasteiger partial charge in [-0.1, -0.05) is 86.0 Å². The van der Waals surface area contributed by atoms with Crippen molar-refractivity contribution < 1.29 is 4.74 Å². The SMILES string of the molecule is CC(C)c1cc(-c2cccc3c2Nc2ccccc2O3)c2c(c1)N(c1ccccc1)c1ccccc1[B]2. The van der Waals surface area contributed by atoms with E-state index >= 15 is 0 Å². The van der Waals surface area contributed by atoms with E-state index in [1.54, 1.807) is 0 Å². The Labute approximate surface area is 218 Å². The lowest BCUT2D eigenvalue weighted by molar-refractivity contribution is 0.481. The third kappa shape index (κ3) is 3.60. The molecule has 1 radical (unpaired) electrons. The topological polar surface area (TPSA) is 24.5 Å². The quantitative estimate of drug-likeness (QED) is 0.263. The molecule has 7 rings (SSSR count). The summed E-state index contributed by atoms with van der Waals surface area (Å²) in [5.74, 6) is 2.07. The van der Waals surface area contributed by atoms with Crippen LogP contribution >= 0.6 is 0 Å². The number of fused-ring (bicyclic) bond motifs is 4. The van der Waals surface area contributed by atoms with Crippen LogP contribution in [0.1, 0.15) is 25.3 Å². The van der Waals surface area contributed by atoms with Gasteiger partial charge in [-0.2, -0.15) is 0 Å². The molecular formula is C33H26BN2O. The maximum absolute atomic E-state index is 6.32. The Kier molecular flexibility index (Phi) is 5.07. The van der Waals surface area contributed by atoms with E-state index in [0.717, 1.165) is 34.1 Å². The van der Waals surface area contributed by atoms with Crippen LogP contribution in [0.2, 0.25) is 0 Å². The molecule has 5 aromatic carbocycles. The minimum atomic E-state index is 0.378. The van der Waals surface area contributed by atoms with E-state index in [1.807, 2.05) is 24.3 Å². The Bertz CT molecular complexity index is 1640. The zero-order valence-electron chi connectivity index (χ0n) is 20.9. The molecule has 0 fully saturated rings. The van der Waals surface area contributed by atoms with Crippen molar-refractivity contribution in [3.63, 3.8) is 0 Å². The summed E-state index contributed by atoms with van der Waals surface area (Å²) in [6.45, 7) is 4.52. The monoisotopic (exact) mass is 477 g/mol. The van der Waals surface area contributed by atoms with Crippen molar-refractivity contribution in [3.8, 4) is 22.6 Å². The summed E-state index contributed by atoms with van der Waals surface area (Å²) in [7, 11) is 2.33. The fourth-order valence-electron chi connectivity index (χ4n) is 5.39. The highest BCUT2D eigenvalue weighted by molar-refractivity contribution is 6.73. The van der Waals surface area contributed by atoms with Crippen molar-refractivity contribution in [1.82, 2.24) is 0 Å². The third-order valence-electron chi connectivity index (χ3n) is 7.26. The molecule has 5 aromatic rings. The fourth-order valence-corrected chi connectivity index (χ4v) is 5.39. The number of benzene rings is 5. The number of hydrogen-bond donors (Lipinski definition) is 1. The van der Waals surface area contributed by atoms with Crippen molar-refractivity contribution in [3.05, 3.63) is 115 Å². The zero-order valence-corrected chi connectivity index (χ0v) is 20.9. The van der Waals surface area contributed by atoms with Gasteiger partial charge in [0, 0.05) is 22.6 Å². The van der Waals surface area contributed by atoms with Gasteiger partial charge in [0.05, 0.1) is 11.4 Å². The highest BCUT2D eigenvalue weighted by Crippen LogP contribution is 2.47. The Morgan fingerprint density at radius 3 is 2.32 bits per heavy atom. The van der Waals surface area contributed by atoms with Crippen molar-refractivity contribution in [2.24, 2.45) is 0 Å². The van der Waals surface area contributed by atoms with Gasteiger partial charge in [0.1, 0.15) is 0 Å². The average Bonchev–Trinajstić information content (AvgIpc) is 2.94. The van der Waals surface area contributed by atoms with Crippen LogP contribution in [0, 0.1) is 0 Å². The van der Waals surface area contributed by atoms with E-state index in [-0.39, 0.29) is 0 Å². The molecule has 1 N–H and O–H groups in total. The van der Waals surface area contributed by atoms with E-state index in [1.165, 1.54) is 33.4 Å². The molecule has 0 atom stereocenters. The van der Waals surface area contributed by atoms with Crippen LogP contribution in [-0.2, 0) is 0 Å². The predicted molar refractivity (Wildman–Crippen MR) is 155 cm³/mol. The van der Waals surface area contributed by atoms with E-state index in [0.29, 0.717) is 5.92 Å².